The van der Waals surface area contributed by atoms with Crippen molar-refractivity contribution in [2.45, 2.75) is 40.0 Å². The lowest BCUT2D eigenvalue weighted by atomic mass is 9.70. The molecule has 1 aliphatic heterocycles. The predicted octanol–water partition coefficient (Wildman–Crippen LogP) is 2.82. The van der Waals surface area contributed by atoms with Crippen molar-refractivity contribution in [2.24, 2.45) is 26.8 Å². The summed E-state index contributed by atoms with van der Waals surface area (Å²) in [5.74, 6) is 0.158. The Labute approximate surface area is 166 Å². The Kier molecular flexibility index (Phi) is 3.59. The first-order valence-electron chi connectivity index (χ1n) is 9.57. The van der Waals surface area contributed by atoms with Crippen LogP contribution in [0.1, 0.15) is 44.9 Å². The van der Waals surface area contributed by atoms with Gasteiger partial charge in [0.2, 0.25) is 11.0 Å². The maximum atomic E-state index is 12.4. The fraction of sp³-hybridized carbons (Fsp3) is 0.429. The van der Waals surface area contributed by atoms with Gasteiger partial charge < -0.3 is 5.11 Å². The second-order valence-electron chi connectivity index (χ2n) is 8.64. The number of anilines is 1. The van der Waals surface area contributed by atoms with E-state index in [2.05, 4.69) is 41.3 Å². The Morgan fingerprint density at radius 1 is 1.29 bits per heavy atom. The highest BCUT2D eigenvalue weighted by atomic mass is 32.1. The first-order chi connectivity index (χ1) is 13.3. The van der Waals surface area contributed by atoms with E-state index in [1.807, 2.05) is 18.2 Å². The molecule has 1 amide bonds. The lowest BCUT2D eigenvalue weighted by Crippen LogP contribution is -2.32. The van der Waals surface area contributed by atoms with Gasteiger partial charge in [-0.1, -0.05) is 50.3 Å². The van der Waals surface area contributed by atoms with Gasteiger partial charge in [-0.25, -0.2) is 4.99 Å². The van der Waals surface area contributed by atoms with Crippen molar-refractivity contribution in [3.63, 3.8) is 0 Å². The van der Waals surface area contributed by atoms with Crippen molar-refractivity contribution < 1.29 is 9.90 Å². The fourth-order valence-electron chi connectivity index (χ4n) is 5.02. The third-order valence-electron chi connectivity index (χ3n) is 7.24. The second kappa shape index (κ2) is 5.73. The van der Waals surface area contributed by atoms with Gasteiger partial charge in [-0.05, 0) is 36.7 Å². The van der Waals surface area contributed by atoms with E-state index in [1.165, 1.54) is 23.5 Å². The normalized spacial score (nSPS) is 28.7. The third-order valence-corrected chi connectivity index (χ3v) is 8.21. The highest BCUT2D eigenvalue weighted by Crippen LogP contribution is 2.64. The first kappa shape index (κ1) is 17.6. The molecule has 1 aromatic heterocycles. The lowest BCUT2D eigenvalue weighted by molar-refractivity contribution is -0.112. The maximum absolute atomic E-state index is 12.4. The molecule has 5 rings (SSSR count). The number of carbonyl (C=O) groups is 1. The summed E-state index contributed by atoms with van der Waals surface area (Å²) in [4.78, 5) is 21.1. The van der Waals surface area contributed by atoms with Crippen molar-refractivity contribution in [1.82, 2.24) is 4.98 Å². The molecule has 2 N–H and O–H groups in total. The number of nitrogens with zero attached hydrogens (tertiary/aromatic N) is 3. The van der Waals surface area contributed by atoms with Crippen LogP contribution in [0.15, 0.2) is 34.4 Å². The Bertz CT molecular complexity index is 1160. The zero-order valence-corrected chi connectivity index (χ0v) is 16.9. The monoisotopic (exact) mass is 394 g/mol. The second-order valence-corrected chi connectivity index (χ2v) is 9.64. The molecule has 2 atom stereocenters. The molecule has 2 fully saturated rings. The third kappa shape index (κ3) is 2.25. The summed E-state index contributed by atoms with van der Waals surface area (Å²) >= 11 is 1.23. The van der Waals surface area contributed by atoms with Crippen molar-refractivity contribution in [3.8, 4) is 5.88 Å². The minimum Gasteiger partial charge on any atom is -0.492 e. The molecule has 7 heteroatoms. The molecule has 2 bridgehead atoms. The number of amides is 1. The molecule has 2 saturated carbocycles. The van der Waals surface area contributed by atoms with Crippen LogP contribution >= 0.6 is 11.3 Å². The van der Waals surface area contributed by atoms with Crippen molar-refractivity contribution in [1.29, 1.82) is 0 Å². The molecule has 0 radical (unpaired) electrons. The average molecular weight is 395 g/mol. The maximum Gasteiger partial charge on any atom is 0.279 e. The number of thiazole rings is 1. The molecule has 2 aliphatic carbocycles. The number of fused-ring (bicyclic) bond motifs is 3. The standard InChI is InChI=1S/C21H22N4O2S/c1-20(2)11-8-9-21(20,3)14(10-11)24-25-19-23-18(27)16(28-19)15-12-6-4-5-7-13(12)22-17(15)26/h4-7,11,27H,8-10H2,1-3H3,(H,23,25)/b24-14+. The number of aromatic nitrogens is 1. The summed E-state index contributed by atoms with van der Waals surface area (Å²) in [6.07, 6.45) is 3.42. The van der Waals surface area contributed by atoms with Crippen LogP contribution in [-0.4, -0.2) is 21.7 Å². The molecule has 6 nitrogen and oxygen atoms in total. The first-order valence-corrected chi connectivity index (χ1v) is 10.4. The summed E-state index contributed by atoms with van der Waals surface area (Å²) < 4.78 is 0. The zero-order chi connectivity index (χ0) is 19.7. The number of carbonyl (C=O) groups excluding carboxylic acids is 1. The number of hydrogen-bond donors (Lipinski definition) is 2. The molecular weight excluding hydrogens is 372 g/mol. The van der Waals surface area contributed by atoms with Crippen LogP contribution in [0.2, 0.25) is 0 Å². The molecule has 2 heterocycles. The topological polar surface area (TPSA) is 86.9 Å². The minimum absolute atomic E-state index is 0.0980. The van der Waals surface area contributed by atoms with Crippen molar-refractivity contribution >= 4 is 33.7 Å². The van der Waals surface area contributed by atoms with Gasteiger partial charge in [0.15, 0.2) is 0 Å². The average Bonchev–Trinajstić information content (AvgIpc) is 3.29. The van der Waals surface area contributed by atoms with E-state index in [0.29, 0.717) is 26.9 Å². The molecule has 3 aliphatic rings. The SMILES string of the molecule is CC12CCC(C/C1=N\Nc1nc(O)c(C3=c4ccccc4=NC3=O)s1)C2(C)C. The van der Waals surface area contributed by atoms with Gasteiger partial charge in [0.05, 0.1) is 10.9 Å². The number of benzene rings is 1. The Balaban J connectivity index is 1.48. The van der Waals surface area contributed by atoms with Gasteiger partial charge in [0, 0.05) is 16.3 Å². The van der Waals surface area contributed by atoms with E-state index in [4.69, 9.17) is 0 Å². The number of hydrogen-bond acceptors (Lipinski definition) is 6. The lowest BCUT2D eigenvalue weighted by Gasteiger charge is -2.34. The quantitative estimate of drug-likeness (QED) is 0.784. The van der Waals surface area contributed by atoms with Crippen LogP contribution < -0.4 is 16.0 Å². The van der Waals surface area contributed by atoms with E-state index in [-0.39, 0.29) is 22.6 Å². The molecule has 1 aromatic carbocycles. The highest BCUT2D eigenvalue weighted by Gasteiger charge is 2.60. The van der Waals surface area contributed by atoms with Gasteiger partial charge in [-0.3, -0.25) is 10.2 Å². The number of aromatic hydroxyl groups is 1. The van der Waals surface area contributed by atoms with Crippen LogP contribution in [-0.2, 0) is 4.79 Å². The van der Waals surface area contributed by atoms with Crippen molar-refractivity contribution in [3.05, 3.63) is 39.7 Å². The summed E-state index contributed by atoms with van der Waals surface area (Å²) in [5, 5.41) is 16.9. The Morgan fingerprint density at radius 3 is 2.79 bits per heavy atom. The zero-order valence-electron chi connectivity index (χ0n) is 16.1. The van der Waals surface area contributed by atoms with Gasteiger partial charge in [-0.2, -0.15) is 10.1 Å². The van der Waals surface area contributed by atoms with Crippen LogP contribution in [0.3, 0.4) is 0 Å². The van der Waals surface area contributed by atoms with Gasteiger partial charge in [0.1, 0.15) is 4.88 Å². The molecule has 28 heavy (non-hydrogen) atoms. The summed E-state index contributed by atoms with van der Waals surface area (Å²) in [7, 11) is 0. The number of nitrogens with one attached hydrogen (secondary N) is 1. The summed E-state index contributed by atoms with van der Waals surface area (Å²) in [5.41, 5.74) is 4.97. The van der Waals surface area contributed by atoms with Crippen LogP contribution in [0.4, 0.5) is 5.13 Å². The van der Waals surface area contributed by atoms with Crippen molar-refractivity contribution in [2.75, 3.05) is 5.43 Å². The highest BCUT2D eigenvalue weighted by molar-refractivity contribution is 7.17. The smallest absolute Gasteiger partial charge is 0.279 e. The predicted molar refractivity (Wildman–Crippen MR) is 109 cm³/mol. The molecule has 2 aromatic rings. The number of hydrazone groups is 1. The number of para-hydroxylation sites is 1. The Morgan fingerprint density at radius 2 is 2.07 bits per heavy atom. The molecule has 0 saturated heterocycles. The van der Waals surface area contributed by atoms with E-state index in [9.17, 15) is 9.90 Å². The molecular formula is C21H22N4O2S. The van der Waals surface area contributed by atoms with Gasteiger partial charge in [-0.15, -0.1) is 0 Å². The van der Waals surface area contributed by atoms with E-state index >= 15 is 0 Å². The number of rotatable bonds is 3. The van der Waals surface area contributed by atoms with E-state index in [0.717, 1.165) is 18.1 Å². The molecule has 0 spiro atoms. The van der Waals surface area contributed by atoms with E-state index < -0.39 is 0 Å². The largest absolute Gasteiger partial charge is 0.492 e. The summed E-state index contributed by atoms with van der Waals surface area (Å²) in [6.45, 7) is 6.98. The summed E-state index contributed by atoms with van der Waals surface area (Å²) in [6, 6.07) is 7.32. The fourth-order valence-corrected chi connectivity index (χ4v) is 5.87. The van der Waals surface area contributed by atoms with Crippen LogP contribution in [0, 0.1) is 16.7 Å². The Hall–Kier alpha value is -2.54. The molecule has 144 valence electrons. The van der Waals surface area contributed by atoms with Gasteiger partial charge in [0.25, 0.3) is 5.91 Å². The van der Waals surface area contributed by atoms with Gasteiger partial charge >= 0.3 is 0 Å². The van der Waals surface area contributed by atoms with Crippen LogP contribution in [0.5, 0.6) is 5.88 Å². The van der Waals surface area contributed by atoms with E-state index in [1.54, 1.807) is 6.07 Å². The minimum atomic E-state index is -0.347. The van der Waals surface area contributed by atoms with Crippen LogP contribution in [0.25, 0.3) is 5.57 Å². The molecule has 2 unspecified atom stereocenters.